The molecule has 4 aromatic rings. The largest absolute Gasteiger partial charge is 0.489 e. The minimum absolute atomic E-state index is 0.0839. The molecule has 2 atom stereocenters. The van der Waals surface area contributed by atoms with Crippen LogP contribution in [0.4, 0.5) is 5.82 Å². The number of amides is 1. The summed E-state index contributed by atoms with van der Waals surface area (Å²) in [6, 6.07) is 17.8. The van der Waals surface area contributed by atoms with E-state index in [4.69, 9.17) is 21.2 Å². The third-order valence-electron chi connectivity index (χ3n) is 6.04. The van der Waals surface area contributed by atoms with Crippen molar-refractivity contribution in [2.75, 3.05) is 5.73 Å². The van der Waals surface area contributed by atoms with Gasteiger partial charge in [-0.3, -0.25) is 4.79 Å². The molecule has 8 nitrogen and oxygen atoms in total. The van der Waals surface area contributed by atoms with Gasteiger partial charge in [0.15, 0.2) is 5.82 Å². The number of imidazole rings is 1. The fourth-order valence-corrected chi connectivity index (χ4v) is 4.39. The molecule has 1 aliphatic carbocycles. The van der Waals surface area contributed by atoms with E-state index in [9.17, 15) is 4.79 Å². The number of nitrogens with zero attached hydrogens (tertiary/aromatic N) is 4. The maximum atomic E-state index is 11.7. The van der Waals surface area contributed by atoms with Crippen LogP contribution >= 0.6 is 0 Å². The Hall–Kier alpha value is -3.94. The van der Waals surface area contributed by atoms with Gasteiger partial charge in [-0.25, -0.2) is 14.5 Å². The normalized spacial score (nSPS) is 18.1. The van der Waals surface area contributed by atoms with Gasteiger partial charge < -0.3 is 16.2 Å². The molecule has 0 radical (unpaired) electrons. The van der Waals surface area contributed by atoms with E-state index in [1.807, 2.05) is 54.6 Å². The lowest BCUT2D eigenvalue weighted by molar-refractivity contribution is -0.121. The first kappa shape index (κ1) is 20.0. The van der Waals surface area contributed by atoms with Gasteiger partial charge in [-0.2, -0.15) is 5.10 Å². The average Bonchev–Trinajstić information content (AvgIpc) is 3.45. The van der Waals surface area contributed by atoms with Crippen LogP contribution in [0, 0.1) is 5.92 Å². The summed E-state index contributed by atoms with van der Waals surface area (Å²) < 4.78 is 7.75. The number of carbonyl (C=O) groups excluding carboxylic acids is 1. The summed E-state index contributed by atoms with van der Waals surface area (Å²) in [5.41, 5.74) is 15.1. The molecule has 2 unspecified atom stereocenters. The Morgan fingerprint density at radius 2 is 1.97 bits per heavy atom. The van der Waals surface area contributed by atoms with Gasteiger partial charge in [-0.1, -0.05) is 42.5 Å². The zero-order valence-corrected chi connectivity index (χ0v) is 17.5. The van der Waals surface area contributed by atoms with Crippen molar-refractivity contribution in [2.24, 2.45) is 11.7 Å². The summed E-state index contributed by atoms with van der Waals surface area (Å²) in [5.74, 6) is 1.56. The van der Waals surface area contributed by atoms with Gasteiger partial charge in [0.25, 0.3) is 0 Å². The Morgan fingerprint density at radius 1 is 1.12 bits per heavy atom. The number of benzene rings is 2. The molecule has 162 valence electrons. The first-order valence-corrected chi connectivity index (χ1v) is 10.7. The van der Waals surface area contributed by atoms with E-state index < -0.39 is 0 Å². The smallest absolute Gasteiger partial charge is 0.220 e. The molecule has 1 fully saturated rings. The maximum Gasteiger partial charge on any atom is 0.220 e. The monoisotopic (exact) mass is 428 g/mol. The van der Waals surface area contributed by atoms with E-state index in [0.717, 1.165) is 35.5 Å². The SMILES string of the molecule is NC(=O)C1CCC(c2nc(-c3cccc(OCc4ccccc4)c3)c3c(N)ncnn23)C1. The number of rotatable bonds is 6. The fourth-order valence-electron chi connectivity index (χ4n) is 4.39. The summed E-state index contributed by atoms with van der Waals surface area (Å²) in [6.07, 6.45) is 3.68. The van der Waals surface area contributed by atoms with Crippen molar-refractivity contribution in [1.29, 1.82) is 0 Å². The van der Waals surface area contributed by atoms with E-state index in [-0.39, 0.29) is 17.7 Å². The topological polar surface area (TPSA) is 121 Å². The summed E-state index contributed by atoms with van der Waals surface area (Å²) in [6.45, 7) is 0.474. The number of carbonyl (C=O) groups is 1. The summed E-state index contributed by atoms with van der Waals surface area (Å²) in [7, 11) is 0. The number of fused-ring (bicyclic) bond motifs is 1. The molecule has 2 heterocycles. The molecular weight excluding hydrogens is 404 g/mol. The standard InChI is InChI=1S/C24H24N6O2/c25-22-21-20(16-7-4-8-19(12-16)32-13-15-5-2-1-3-6-15)29-24(30(21)28-14-27-22)18-10-9-17(11-18)23(26)31/h1-8,12,14,17-18H,9-11,13H2,(H2,26,31)(H2,25,27,28). The zero-order chi connectivity index (χ0) is 22.1. The summed E-state index contributed by atoms with van der Waals surface area (Å²) in [5, 5.41) is 4.42. The zero-order valence-electron chi connectivity index (χ0n) is 17.5. The Morgan fingerprint density at radius 3 is 2.75 bits per heavy atom. The van der Waals surface area contributed by atoms with Crippen LogP contribution < -0.4 is 16.2 Å². The van der Waals surface area contributed by atoms with Crippen LogP contribution in [0.1, 0.15) is 36.6 Å². The molecule has 2 aromatic heterocycles. The molecule has 8 heteroatoms. The molecule has 0 bridgehead atoms. The van der Waals surface area contributed by atoms with Crippen LogP contribution in [0.3, 0.4) is 0 Å². The molecule has 1 aliphatic rings. The van der Waals surface area contributed by atoms with Crippen molar-refractivity contribution >= 4 is 17.2 Å². The van der Waals surface area contributed by atoms with Crippen LogP contribution in [0.2, 0.25) is 0 Å². The number of anilines is 1. The predicted octanol–water partition coefficient (Wildman–Crippen LogP) is 3.32. The molecule has 1 amide bonds. The molecule has 4 N–H and O–H groups in total. The molecule has 1 saturated carbocycles. The number of ether oxygens (including phenoxy) is 1. The van der Waals surface area contributed by atoms with Gasteiger partial charge >= 0.3 is 0 Å². The van der Waals surface area contributed by atoms with E-state index >= 15 is 0 Å². The second kappa shape index (κ2) is 8.30. The van der Waals surface area contributed by atoms with Gasteiger partial charge in [0.2, 0.25) is 5.91 Å². The number of nitrogens with two attached hydrogens (primary N) is 2. The first-order chi connectivity index (χ1) is 15.6. The minimum Gasteiger partial charge on any atom is -0.489 e. The number of primary amides is 1. The highest BCUT2D eigenvalue weighted by atomic mass is 16.5. The maximum absolute atomic E-state index is 11.7. The second-order valence-corrected chi connectivity index (χ2v) is 8.14. The molecule has 0 saturated heterocycles. The second-order valence-electron chi connectivity index (χ2n) is 8.14. The fraction of sp³-hybridized carbons (Fsp3) is 0.250. The first-order valence-electron chi connectivity index (χ1n) is 10.7. The highest BCUT2D eigenvalue weighted by molar-refractivity contribution is 5.85. The van der Waals surface area contributed by atoms with Crippen LogP contribution in [0.15, 0.2) is 60.9 Å². The average molecular weight is 428 g/mol. The van der Waals surface area contributed by atoms with Gasteiger partial charge in [0.1, 0.15) is 35.7 Å². The van der Waals surface area contributed by atoms with Crippen molar-refractivity contribution in [3.8, 4) is 17.0 Å². The minimum atomic E-state index is -0.258. The van der Waals surface area contributed by atoms with Gasteiger partial charge in [-0.05, 0) is 37.0 Å². The third kappa shape index (κ3) is 3.75. The van der Waals surface area contributed by atoms with Crippen molar-refractivity contribution in [3.05, 3.63) is 72.3 Å². The lowest BCUT2D eigenvalue weighted by Crippen LogP contribution is -2.20. The Balaban J connectivity index is 1.50. The Labute approximate surface area is 185 Å². The van der Waals surface area contributed by atoms with Crippen molar-refractivity contribution < 1.29 is 9.53 Å². The van der Waals surface area contributed by atoms with Gasteiger partial charge in [-0.15, -0.1) is 0 Å². The molecule has 0 aliphatic heterocycles. The number of nitrogen functional groups attached to an aromatic ring is 1. The highest BCUT2D eigenvalue weighted by Gasteiger charge is 2.33. The quantitative estimate of drug-likeness (QED) is 0.486. The molecule has 5 rings (SSSR count). The van der Waals surface area contributed by atoms with Crippen molar-refractivity contribution in [2.45, 2.75) is 31.8 Å². The molecule has 32 heavy (non-hydrogen) atoms. The van der Waals surface area contributed by atoms with Gasteiger partial charge in [0, 0.05) is 17.4 Å². The Kier molecular flexibility index (Phi) is 5.18. The van der Waals surface area contributed by atoms with Crippen LogP contribution in [0.25, 0.3) is 16.8 Å². The lowest BCUT2D eigenvalue weighted by Gasteiger charge is -2.08. The van der Waals surface area contributed by atoms with Crippen LogP contribution in [-0.2, 0) is 11.4 Å². The highest BCUT2D eigenvalue weighted by Crippen LogP contribution is 2.40. The predicted molar refractivity (Wildman–Crippen MR) is 121 cm³/mol. The number of hydrogen-bond acceptors (Lipinski definition) is 6. The van der Waals surface area contributed by atoms with Crippen LogP contribution in [-0.4, -0.2) is 25.5 Å². The lowest BCUT2D eigenvalue weighted by atomic mass is 10.0. The van der Waals surface area contributed by atoms with E-state index in [1.54, 1.807) is 4.52 Å². The van der Waals surface area contributed by atoms with Gasteiger partial charge in [0.05, 0.1) is 0 Å². The van der Waals surface area contributed by atoms with Crippen molar-refractivity contribution in [3.63, 3.8) is 0 Å². The summed E-state index contributed by atoms with van der Waals surface area (Å²) in [4.78, 5) is 20.8. The van der Waals surface area contributed by atoms with E-state index in [1.165, 1.54) is 6.33 Å². The molecule has 2 aromatic carbocycles. The van der Waals surface area contributed by atoms with Crippen LogP contribution in [0.5, 0.6) is 5.75 Å². The molecule has 0 spiro atoms. The van der Waals surface area contributed by atoms with Crippen molar-refractivity contribution in [1.82, 2.24) is 19.6 Å². The molecular formula is C24H24N6O2. The number of hydrogen-bond donors (Lipinski definition) is 2. The third-order valence-corrected chi connectivity index (χ3v) is 6.04. The number of aromatic nitrogens is 4. The Bertz CT molecular complexity index is 1270. The summed E-state index contributed by atoms with van der Waals surface area (Å²) >= 11 is 0. The van der Waals surface area contributed by atoms with E-state index in [2.05, 4.69) is 10.1 Å². The van der Waals surface area contributed by atoms with E-state index in [0.29, 0.717) is 30.1 Å².